The van der Waals surface area contributed by atoms with Crippen molar-refractivity contribution < 1.29 is 22.8 Å². The number of nitro groups is 1. The molecule has 0 radical (unpaired) electrons. The van der Waals surface area contributed by atoms with Crippen LogP contribution >= 0.6 is 0 Å². The molecule has 3 aromatic rings. The van der Waals surface area contributed by atoms with Crippen LogP contribution in [0.5, 0.6) is 5.75 Å². The molecule has 3 rings (SSSR count). The third-order valence-corrected chi connectivity index (χ3v) is 4.25. The lowest BCUT2D eigenvalue weighted by atomic mass is 10.1. The van der Waals surface area contributed by atoms with Gasteiger partial charge in [0.15, 0.2) is 0 Å². The van der Waals surface area contributed by atoms with Crippen LogP contribution in [-0.4, -0.2) is 26.8 Å². The maximum Gasteiger partial charge on any atom is 0.433 e. The van der Waals surface area contributed by atoms with E-state index < -0.39 is 22.5 Å². The van der Waals surface area contributed by atoms with Gasteiger partial charge in [-0.25, -0.2) is 4.98 Å². The molecular formula is C18H16F3N5O3. The van der Waals surface area contributed by atoms with Crippen LogP contribution in [0.1, 0.15) is 17.0 Å². The summed E-state index contributed by atoms with van der Waals surface area (Å²) in [6, 6.07) is 7.54. The number of aryl methyl sites for hydroxylation is 1. The lowest BCUT2D eigenvalue weighted by Gasteiger charge is -2.12. The van der Waals surface area contributed by atoms with Gasteiger partial charge in [0.2, 0.25) is 0 Å². The number of halogens is 3. The van der Waals surface area contributed by atoms with Crippen LogP contribution in [0.4, 0.5) is 24.5 Å². The Balaban J connectivity index is 2.18. The van der Waals surface area contributed by atoms with Crippen molar-refractivity contribution >= 4 is 11.4 Å². The number of nitrogens with zero attached hydrogens (tertiary/aromatic N) is 4. The van der Waals surface area contributed by atoms with Crippen molar-refractivity contribution in [3.8, 4) is 17.0 Å². The van der Waals surface area contributed by atoms with E-state index in [4.69, 9.17) is 10.5 Å². The summed E-state index contributed by atoms with van der Waals surface area (Å²) in [5.74, 6) is 0.616. The number of nitrogens with two attached hydrogens (primary N) is 1. The number of alkyl halides is 3. The maximum atomic E-state index is 13.1. The summed E-state index contributed by atoms with van der Waals surface area (Å²) >= 11 is 0. The van der Waals surface area contributed by atoms with Gasteiger partial charge in [-0.1, -0.05) is 12.1 Å². The lowest BCUT2D eigenvalue weighted by Crippen LogP contribution is -2.11. The molecular weight excluding hydrogens is 391 g/mol. The summed E-state index contributed by atoms with van der Waals surface area (Å²) in [6.45, 7) is 1.49. The van der Waals surface area contributed by atoms with Crippen LogP contribution in [0, 0.1) is 17.0 Å². The second kappa shape index (κ2) is 7.41. The van der Waals surface area contributed by atoms with Gasteiger partial charge in [0.1, 0.15) is 22.8 Å². The molecule has 11 heteroatoms. The Bertz CT molecular complexity index is 1060. The lowest BCUT2D eigenvalue weighted by molar-refractivity contribution is -0.384. The number of benzene rings is 1. The molecule has 0 amide bonds. The summed E-state index contributed by atoms with van der Waals surface area (Å²) in [4.78, 5) is 14.2. The fourth-order valence-electron chi connectivity index (χ4n) is 2.90. The molecule has 2 heterocycles. The molecule has 8 nitrogen and oxygen atoms in total. The van der Waals surface area contributed by atoms with Crippen LogP contribution in [0.3, 0.4) is 0 Å². The fourth-order valence-corrected chi connectivity index (χ4v) is 2.90. The Morgan fingerprint density at radius 3 is 2.48 bits per heavy atom. The van der Waals surface area contributed by atoms with Gasteiger partial charge in [-0.2, -0.15) is 18.3 Å². The van der Waals surface area contributed by atoms with E-state index in [9.17, 15) is 23.3 Å². The Morgan fingerprint density at radius 1 is 1.28 bits per heavy atom. The largest absolute Gasteiger partial charge is 0.497 e. The predicted octanol–water partition coefficient (Wildman–Crippen LogP) is 3.82. The van der Waals surface area contributed by atoms with Crippen molar-refractivity contribution in [1.29, 1.82) is 0 Å². The normalized spacial score (nSPS) is 11.5. The molecule has 1 aromatic carbocycles. The van der Waals surface area contributed by atoms with Gasteiger partial charge in [0.25, 0.3) is 0 Å². The molecule has 152 valence electrons. The number of hydrogen-bond donors (Lipinski definition) is 1. The highest BCUT2D eigenvalue weighted by Crippen LogP contribution is 2.39. The smallest absolute Gasteiger partial charge is 0.433 e. The number of aromatic nitrogens is 3. The second-order valence-electron chi connectivity index (χ2n) is 6.20. The zero-order chi connectivity index (χ0) is 21.3. The van der Waals surface area contributed by atoms with Crippen molar-refractivity contribution in [2.75, 3.05) is 12.8 Å². The van der Waals surface area contributed by atoms with Gasteiger partial charge >= 0.3 is 11.9 Å². The van der Waals surface area contributed by atoms with Gasteiger partial charge in [-0.15, -0.1) is 0 Å². The topological polar surface area (TPSA) is 109 Å². The predicted molar refractivity (Wildman–Crippen MR) is 98.4 cm³/mol. The molecule has 0 atom stereocenters. The van der Waals surface area contributed by atoms with Crippen molar-refractivity contribution in [2.45, 2.75) is 19.6 Å². The molecule has 0 aliphatic carbocycles. The number of ether oxygens (including phenoxy) is 1. The first-order chi connectivity index (χ1) is 13.6. The minimum absolute atomic E-state index is 0.0586. The maximum absolute atomic E-state index is 13.1. The van der Waals surface area contributed by atoms with Crippen LogP contribution in [0.25, 0.3) is 11.3 Å². The molecule has 0 saturated carbocycles. The average Bonchev–Trinajstić information content (AvgIpc) is 2.97. The molecule has 29 heavy (non-hydrogen) atoms. The average molecular weight is 407 g/mol. The van der Waals surface area contributed by atoms with Gasteiger partial charge in [-0.3, -0.25) is 14.8 Å². The Labute approximate surface area is 162 Å². The molecule has 0 fully saturated rings. The van der Waals surface area contributed by atoms with E-state index >= 15 is 0 Å². The van der Waals surface area contributed by atoms with Gasteiger partial charge in [0.05, 0.1) is 30.5 Å². The van der Waals surface area contributed by atoms with Crippen LogP contribution in [0.15, 0.2) is 36.5 Å². The number of nitrogen functional groups attached to an aromatic ring is 1. The summed E-state index contributed by atoms with van der Waals surface area (Å²) in [5.41, 5.74) is 4.59. The van der Waals surface area contributed by atoms with E-state index in [1.807, 2.05) is 0 Å². The van der Waals surface area contributed by atoms with E-state index in [-0.39, 0.29) is 29.2 Å². The van der Waals surface area contributed by atoms with Crippen LogP contribution < -0.4 is 10.5 Å². The second-order valence-corrected chi connectivity index (χ2v) is 6.20. The van der Waals surface area contributed by atoms with Gasteiger partial charge in [0, 0.05) is 5.56 Å². The quantitative estimate of drug-likeness (QED) is 0.509. The zero-order valence-electron chi connectivity index (χ0n) is 15.4. The number of methoxy groups -OCH3 is 1. The SMILES string of the molecule is COc1ccc(Cn2nc(C)c([N+](=O)[O-])c2-c2cc(C(F)(F)F)ncc2N)cc1. The third kappa shape index (κ3) is 3.98. The van der Waals surface area contributed by atoms with E-state index in [2.05, 4.69) is 10.1 Å². The number of anilines is 1. The fraction of sp³-hybridized carbons (Fsp3) is 0.222. The van der Waals surface area contributed by atoms with Crippen molar-refractivity contribution in [1.82, 2.24) is 14.8 Å². The summed E-state index contributed by atoms with van der Waals surface area (Å²) < 4.78 is 45.7. The molecule has 0 spiro atoms. The van der Waals surface area contributed by atoms with Crippen LogP contribution in [0.2, 0.25) is 0 Å². The minimum Gasteiger partial charge on any atom is -0.497 e. The molecule has 0 aliphatic heterocycles. The van der Waals surface area contributed by atoms with Crippen molar-refractivity contribution in [3.05, 3.63) is 63.6 Å². The van der Waals surface area contributed by atoms with Crippen LogP contribution in [-0.2, 0) is 12.7 Å². The molecule has 2 aromatic heterocycles. The third-order valence-electron chi connectivity index (χ3n) is 4.25. The standard InChI is InChI=1S/C18H16F3N5O3/c1-10-16(26(27)28)17(13-7-15(18(19,20)21)23-8-14(13)22)25(24-10)9-11-3-5-12(29-2)6-4-11/h3-8H,9,22H2,1-2H3. The highest BCUT2D eigenvalue weighted by Gasteiger charge is 2.35. The first-order valence-corrected chi connectivity index (χ1v) is 8.29. The molecule has 2 N–H and O–H groups in total. The molecule has 0 aliphatic rings. The Kier molecular flexibility index (Phi) is 5.14. The molecule has 0 bridgehead atoms. The first-order valence-electron chi connectivity index (χ1n) is 8.29. The summed E-state index contributed by atoms with van der Waals surface area (Å²) in [6.07, 6.45) is -3.89. The summed E-state index contributed by atoms with van der Waals surface area (Å²) in [7, 11) is 1.51. The number of rotatable bonds is 5. The van der Waals surface area contributed by atoms with Crippen molar-refractivity contribution in [3.63, 3.8) is 0 Å². The van der Waals surface area contributed by atoms with Crippen molar-refractivity contribution in [2.24, 2.45) is 0 Å². The monoisotopic (exact) mass is 407 g/mol. The van der Waals surface area contributed by atoms with E-state index in [1.54, 1.807) is 24.3 Å². The van der Waals surface area contributed by atoms with Gasteiger partial charge < -0.3 is 10.5 Å². The van der Waals surface area contributed by atoms with Gasteiger partial charge in [-0.05, 0) is 30.7 Å². The first kappa shape index (κ1) is 20.1. The highest BCUT2D eigenvalue weighted by atomic mass is 19.4. The van der Waals surface area contributed by atoms with E-state index in [0.717, 1.165) is 6.20 Å². The zero-order valence-corrected chi connectivity index (χ0v) is 15.4. The van der Waals surface area contributed by atoms with E-state index in [0.29, 0.717) is 17.4 Å². The van der Waals surface area contributed by atoms with E-state index in [1.165, 1.54) is 18.7 Å². The number of pyridine rings is 1. The number of hydrogen-bond acceptors (Lipinski definition) is 6. The minimum atomic E-state index is -4.73. The Hall–Kier alpha value is -3.63. The molecule has 0 saturated heterocycles. The Morgan fingerprint density at radius 2 is 1.93 bits per heavy atom. The molecule has 0 unspecified atom stereocenters. The summed E-state index contributed by atoms with van der Waals surface area (Å²) in [5, 5.41) is 15.8. The highest BCUT2D eigenvalue weighted by molar-refractivity contribution is 5.80.